The van der Waals surface area contributed by atoms with Crippen molar-refractivity contribution in [3.8, 4) is 5.75 Å². The lowest BCUT2D eigenvalue weighted by Gasteiger charge is -2.13. The second-order valence-electron chi connectivity index (χ2n) is 4.52. The molecule has 0 aliphatic heterocycles. The van der Waals surface area contributed by atoms with Crippen LogP contribution in [-0.2, 0) is 14.8 Å². The molecule has 1 heterocycles. The molecule has 23 heavy (non-hydrogen) atoms. The van der Waals surface area contributed by atoms with Gasteiger partial charge in [0.15, 0.2) is 0 Å². The molecule has 1 aromatic carbocycles. The van der Waals surface area contributed by atoms with Gasteiger partial charge in [0.05, 0.1) is 12.8 Å². The maximum atomic E-state index is 12.4. The lowest BCUT2D eigenvalue weighted by molar-refractivity contribution is -0.114. The van der Waals surface area contributed by atoms with Crippen LogP contribution >= 0.6 is 11.6 Å². The largest absolute Gasteiger partial charge is 0.495 e. The number of carbonyl (C=O) groups excluding carboxylic acids is 1. The number of methoxy groups -OCH3 is 1. The molecule has 2 aromatic rings. The van der Waals surface area contributed by atoms with Crippen molar-refractivity contribution in [3.05, 3.63) is 41.7 Å². The van der Waals surface area contributed by atoms with Crippen molar-refractivity contribution >= 4 is 38.9 Å². The zero-order valence-corrected chi connectivity index (χ0v) is 13.9. The lowest BCUT2D eigenvalue weighted by Crippen LogP contribution is -2.14. The molecule has 0 bridgehead atoms. The third-order valence-electron chi connectivity index (χ3n) is 2.77. The maximum absolute atomic E-state index is 12.4. The highest BCUT2D eigenvalue weighted by atomic mass is 35.5. The third-order valence-corrected chi connectivity index (χ3v) is 4.35. The molecule has 122 valence electrons. The Morgan fingerprint density at radius 2 is 2.00 bits per heavy atom. The summed E-state index contributed by atoms with van der Waals surface area (Å²) in [6, 6.07) is 7.31. The summed E-state index contributed by atoms with van der Waals surface area (Å²) in [5, 5.41) is 2.76. The summed E-state index contributed by atoms with van der Waals surface area (Å²) in [6.45, 7) is 1.35. The number of carbonyl (C=O) groups is 1. The van der Waals surface area contributed by atoms with Gasteiger partial charge in [-0.15, -0.1) is 0 Å². The van der Waals surface area contributed by atoms with Gasteiger partial charge in [-0.05, 0) is 30.3 Å². The Balaban J connectivity index is 2.37. The van der Waals surface area contributed by atoms with Crippen LogP contribution in [0.25, 0.3) is 0 Å². The first-order chi connectivity index (χ1) is 10.8. The van der Waals surface area contributed by atoms with Crippen molar-refractivity contribution < 1.29 is 17.9 Å². The second-order valence-corrected chi connectivity index (χ2v) is 6.59. The number of nitrogens with zero attached hydrogens (tertiary/aromatic N) is 1. The molecule has 0 saturated carbocycles. The van der Waals surface area contributed by atoms with Crippen LogP contribution in [0.5, 0.6) is 5.75 Å². The van der Waals surface area contributed by atoms with Crippen molar-refractivity contribution in [1.82, 2.24) is 4.98 Å². The fourth-order valence-electron chi connectivity index (χ4n) is 1.79. The number of rotatable bonds is 5. The summed E-state index contributed by atoms with van der Waals surface area (Å²) < 4.78 is 32.3. The molecule has 2 N–H and O–H groups in total. The van der Waals surface area contributed by atoms with Gasteiger partial charge in [-0.1, -0.05) is 11.6 Å². The molecular formula is C14H14ClN3O4S. The fraction of sp³-hybridized carbons (Fsp3) is 0.143. The number of aromatic nitrogens is 1. The quantitative estimate of drug-likeness (QED) is 0.803. The topological polar surface area (TPSA) is 97.4 Å². The standard InChI is InChI=1S/C14H14ClN3O4S/c1-9(19)17-10-3-5-13(22-2)12(7-10)18-23(20,21)11-4-6-14(15)16-8-11/h3-8,18H,1-2H3,(H,17,19). The number of hydrogen-bond donors (Lipinski definition) is 2. The average molecular weight is 356 g/mol. The van der Waals surface area contributed by atoms with Crippen LogP contribution in [0.2, 0.25) is 5.15 Å². The minimum Gasteiger partial charge on any atom is -0.495 e. The first-order valence-corrected chi connectivity index (χ1v) is 8.28. The van der Waals surface area contributed by atoms with E-state index in [2.05, 4.69) is 15.0 Å². The number of ether oxygens (including phenoxy) is 1. The Bertz CT molecular complexity index is 822. The zero-order chi connectivity index (χ0) is 17.0. The minimum atomic E-state index is -3.87. The summed E-state index contributed by atoms with van der Waals surface area (Å²) in [7, 11) is -2.46. The normalized spacial score (nSPS) is 10.9. The van der Waals surface area contributed by atoms with Crippen molar-refractivity contribution in [2.75, 3.05) is 17.1 Å². The molecule has 0 aliphatic rings. The lowest BCUT2D eigenvalue weighted by atomic mass is 10.2. The van der Waals surface area contributed by atoms with Gasteiger partial charge < -0.3 is 10.1 Å². The highest BCUT2D eigenvalue weighted by Gasteiger charge is 2.17. The first kappa shape index (κ1) is 17.0. The van der Waals surface area contributed by atoms with Gasteiger partial charge in [0.25, 0.3) is 10.0 Å². The SMILES string of the molecule is COc1ccc(NC(C)=O)cc1NS(=O)(=O)c1ccc(Cl)nc1. The van der Waals surface area contributed by atoms with Gasteiger partial charge in [-0.25, -0.2) is 13.4 Å². The van der Waals surface area contributed by atoms with Crippen LogP contribution in [0.1, 0.15) is 6.92 Å². The third kappa shape index (κ3) is 4.33. The predicted molar refractivity (Wildman–Crippen MR) is 87.4 cm³/mol. The number of amides is 1. The highest BCUT2D eigenvalue weighted by molar-refractivity contribution is 7.92. The van der Waals surface area contributed by atoms with E-state index >= 15 is 0 Å². The van der Waals surface area contributed by atoms with Crippen molar-refractivity contribution in [3.63, 3.8) is 0 Å². The van der Waals surface area contributed by atoms with Crippen LogP contribution in [0.3, 0.4) is 0 Å². The van der Waals surface area contributed by atoms with Gasteiger partial charge >= 0.3 is 0 Å². The smallest absolute Gasteiger partial charge is 0.263 e. The van der Waals surface area contributed by atoms with Gasteiger partial charge in [0.2, 0.25) is 5.91 Å². The number of sulfonamides is 1. The number of pyridine rings is 1. The second kappa shape index (κ2) is 6.84. The summed E-state index contributed by atoms with van der Waals surface area (Å²) in [6.07, 6.45) is 1.15. The average Bonchev–Trinajstić information content (AvgIpc) is 2.47. The van der Waals surface area contributed by atoms with Gasteiger partial charge in [-0.3, -0.25) is 9.52 Å². The number of nitrogens with one attached hydrogen (secondary N) is 2. The van der Waals surface area contributed by atoms with E-state index in [1.54, 1.807) is 12.1 Å². The van der Waals surface area contributed by atoms with Crippen LogP contribution in [0, 0.1) is 0 Å². The minimum absolute atomic E-state index is 0.0473. The van der Waals surface area contributed by atoms with Crippen molar-refractivity contribution in [2.24, 2.45) is 0 Å². The van der Waals surface area contributed by atoms with E-state index in [4.69, 9.17) is 16.3 Å². The monoisotopic (exact) mass is 355 g/mol. The van der Waals surface area contributed by atoms with E-state index in [1.165, 1.54) is 32.2 Å². The van der Waals surface area contributed by atoms with Gasteiger partial charge in [-0.2, -0.15) is 0 Å². The summed E-state index contributed by atoms with van der Waals surface area (Å²) in [4.78, 5) is 14.8. The molecule has 0 spiro atoms. The summed E-state index contributed by atoms with van der Waals surface area (Å²) >= 11 is 5.65. The molecule has 1 aromatic heterocycles. The maximum Gasteiger partial charge on any atom is 0.263 e. The Morgan fingerprint density at radius 1 is 1.26 bits per heavy atom. The molecule has 1 amide bonds. The van der Waals surface area contributed by atoms with Crippen LogP contribution in [0.15, 0.2) is 41.4 Å². The number of anilines is 2. The Labute approximate surface area is 138 Å². The molecule has 9 heteroatoms. The number of halogens is 1. The van der Waals surface area contributed by atoms with E-state index < -0.39 is 10.0 Å². The number of benzene rings is 1. The van der Waals surface area contributed by atoms with Crippen molar-refractivity contribution in [2.45, 2.75) is 11.8 Å². The molecule has 0 atom stereocenters. The molecular weight excluding hydrogens is 342 g/mol. The van der Waals surface area contributed by atoms with Crippen molar-refractivity contribution in [1.29, 1.82) is 0 Å². The van der Waals surface area contributed by atoms with Crippen LogP contribution in [-0.4, -0.2) is 26.4 Å². The Hall–Kier alpha value is -2.32. The van der Waals surface area contributed by atoms with Crippen LogP contribution < -0.4 is 14.8 Å². The zero-order valence-electron chi connectivity index (χ0n) is 12.3. The van der Waals surface area contributed by atoms with E-state index in [-0.39, 0.29) is 21.6 Å². The molecule has 7 nitrogen and oxygen atoms in total. The highest BCUT2D eigenvalue weighted by Crippen LogP contribution is 2.30. The molecule has 0 aliphatic carbocycles. The first-order valence-electron chi connectivity index (χ1n) is 6.42. The van der Waals surface area contributed by atoms with Crippen LogP contribution in [0.4, 0.5) is 11.4 Å². The molecule has 2 rings (SSSR count). The molecule has 0 radical (unpaired) electrons. The fourth-order valence-corrected chi connectivity index (χ4v) is 2.91. The van der Waals surface area contributed by atoms with E-state index in [0.29, 0.717) is 11.4 Å². The molecule has 0 fully saturated rings. The Kier molecular flexibility index (Phi) is 5.07. The summed E-state index contributed by atoms with van der Waals surface area (Å²) in [5.41, 5.74) is 0.624. The van der Waals surface area contributed by atoms with Gasteiger partial charge in [0, 0.05) is 18.8 Å². The van der Waals surface area contributed by atoms with E-state index in [9.17, 15) is 13.2 Å². The Morgan fingerprint density at radius 3 is 2.57 bits per heavy atom. The molecule has 0 saturated heterocycles. The summed E-state index contributed by atoms with van der Waals surface area (Å²) in [5.74, 6) is 0.0375. The number of hydrogen-bond acceptors (Lipinski definition) is 5. The molecule has 0 unspecified atom stereocenters. The van der Waals surface area contributed by atoms with E-state index in [0.717, 1.165) is 6.20 Å². The van der Waals surface area contributed by atoms with Gasteiger partial charge in [0.1, 0.15) is 15.8 Å². The predicted octanol–water partition coefficient (Wildman–Crippen LogP) is 2.50. The van der Waals surface area contributed by atoms with E-state index in [1.807, 2.05) is 0 Å².